The number of nitrogens with one attached hydrogen (secondary N) is 2. The molecule has 0 spiro atoms. The molecule has 0 saturated carbocycles. The number of hydrogen-bond donors (Lipinski definition) is 3. The molecule has 8 heteroatoms. The number of nitrogens with zero attached hydrogens (tertiary/aromatic N) is 2. The number of carbonyl (C=O) groups is 2. The second-order valence-corrected chi connectivity index (χ2v) is 4.09. The van der Waals surface area contributed by atoms with Crippen LogP contribution >= 0.6 is 0 Å². The summed E-state index contributed by atoms with van der Waals surface area (Å²) in [5.74, 6) is -0.926. The maximum absolute atomic E-state index is 11.9. The van der Waals surface area contributed by atoms with E-state index in [4.69, 9.17) is 9.94 Å². The third-order valence-corrected chi connectivity index (χ3v) is 2.78. The highest BCUT2D eigenvalue weighted by Crippen LogP contribution is 2.15. The fourth-order valence-corrected chi connectivity index (χ4v) is 1.74. The standard InChI is InChI=1S/C11H14N4O4/c1-2-6(9-12-3-4-13-9)14-10(16)8-5-7(11(17)18)15-19-8/h3-4,6,8H,2,5H2,1H3,(H,12,13)(H,14,16)(H,17,18). The molecule has 0 saturated heterocycles. The van der Waals surface area contributed by atoms with E-state index >= 15 is 0 Å². The van der Waals surface area contributed by atoms with E-state index in [1.165, 1.54) is 0 Å². The Morgan fingerprint density at radius 1 is 1.68 bits per heavy atom. The van der Waals surface area contributed by atoms with Gasteiger partial charge in [-0.3, -0.25) is 4.79 Å². The minimum absolute atomic E-state index is 0.0320. The SMILES string of the molecule is CCC(NC(=O)C1CC(C(=O)O)=NO1)c1ncc[nH]1. The first kappa shape index (κ1) is 13.1. The van der Waals surface area contributed by atoms with E-state index in [0.29, 0.717) is 12.2 Å². The zero-order valence-corrected chi connectivity index (χ0v) is 10.3. The van der Waals surface area contributed by atoms with Crippen LogP contribution in [0.15, 0.2) is 17.5 Å². The maximum atomic E-state index is 11.9. The van der Waals surface area contributed by atoms with Gasteiger partial charge in [0.1, 0.15) is 5.82 Å². The topological polar surface area (TPSA) is 117 Å². The molecular formula is C11H14N4O4. The molecular weight excluding hydrogens is 252 g/mol. The first-order valence-electron chi connectivity index (χ1n) is 5.87. The molecule has 1 amide bonds. The molecule has 19 heavy (non-hydrogen) atoms. The zero-order chi connectivity index (χ0) is 13.8. The number of carbonyl (C=O) groups excluding carboxylic acids is 1. The minimum Gasteiger partial charge on any atom is -0.477 e. The Bertz CT molecular complexity index is 497. The lowest BCUT2D eigenvalue weighted by Crippen LogP contribution is -2.37. The number of aromatic nitrogens is 2. The summed E-state index contributed by atoms with van der Waals surface area (Å²) < 4.78 is 0. The van der Waals surface area contributed by atoms with Crippen molar-refractivity contribution in [3.63, 3.8) is 0 Å². The van der Waals surface area contributed by atoms with E-state index in [9.17, 15) is 9.59 Å². The summed E-state index contributed by atoms with van der Waals surface area (Å²) in [4.78, 5) is 34.4. The fraction of sp³-hybridized carbons (Fsp3) is 0.455. The van der Waals surface area contributed by atoms with Gasteiger partial charge in [0.15, 0.2) is 5.71 Å². The van der Waals surface area contributed by atoms with Crippen molar-refractivity contribution in [2.75, 3.05) is 0 Å². The van der Waals surface area contributed by atoms with Gasteiger partial charge in [0.25, 0.3) is 5.91 Å². The van der Waals surface area contributed by atoms with E-state index < -0.39 is 18.0 Å². The van der Waals surface area contributed by atoms with Crippen molar-refractivity contribution >= 4 is 17.6 Å². The fourth-order valence-electron chi connectivity index (χ4n) is 1.74. The highest BCUT2D eigenvalue weighted by Gasteiger charge is 2.32. The van der Waals surface area contributed by atoms with Crippen molar-refractivity contribution in [2.45, 2.75) is 31.9 Å². The van der Waals surface area contributed by atoms with Crippen LogP contribution in [0.2, 0.25) is 0 Å². The number of hydrogen-bond acceptors (Lipinski definition) is 5. The summed E-state index contributed by atoms with van der Waals surface area (Å²) in [6.07, 6.45) is 2.99. The second kappa shape index (κ2) is 5.51. The molecule has 2 atom stereocenters. The Hall–Kier alpha value is -2.38. The van der Waals surface area contributed by atoms with E-state index in [-0.39, 0.29) is 18.2 Å². The van der Waals surface area contributed by atoms with Gasteiger partial charge >= 0.3 is 5.97 Å². The van der Waals surface area contributed by atoms with Crippen molar-refractivity contribution in [1.29, 1.82) is 0 Å². The summed E-state index contributed by atoms with van der Waals surface area (Å²) in [7, 11) is 0. The number of rotatable bonds is 5. The van der Waals surface area contributed by atoms with E-state index in [1.54, 1.807) is 12.4 Å². The smallest absolute Gasteiger partial charge is 0.353 e. The van der Waals surface area contributed by atoms with Crippen LogP contribution in [0.4, 0.5) is 0 Å². The Morgan fingerprint density at radius 2 is 2.47 bits per heavy atom. The highest BCUT2D eigenvalue weighted by atomic mass is 16.6. The number of amides is 1. The van der Waals surface area contributed by atoms with Crippen molar-refractivity contribution < 1.29 is 19.5 Å². The molecule has 1 aliphatic heterocycles. The first-order chi connectivity index (χ1) is 9.11. The molecule has 1 aromatic heterocycles. The van der Waals surface area contributed by atoms with E-state index in [0.717, 1.165) is 0 Å². The Labute approximate surface area is 108 Å². The molecule has 0 aliphatic carbocycles. The van der Waals surface area contributed by atoms with Crippen molar-refractivity contribution in [1.82, 2.24) is 15.3 Å². The molecule has 0 aromatic carbocycles. The third-order valence-electron chi connectivity index (χ3n) is 2.78. The normalized spacial score (nSPS) is 19.4. The molecule has 2 unspecified atom stereocenters. The molecule has 2 rings (SSSR count). The van der Waals surface area contributed by atoms with Gasteiger partial charge in [0.05, 0.1) is 6.04 Å². The average molecular weight is 266 g/mol. The van der Waals surface area contributed by atoms with Gasteiger partial charge in [-0.05, 0) is 6.42 Å². The summed E-state index contributed by atoms with van der Waals surface area (Å²) in [5.41, 5.74) is -0.147. The summed E-state index contributed by atoms with van der Waals surface area (Å²) in [5, 5.41) is 14.8. The lowest BCUT2D eigenvalue weighted by atomic mass is 10.1. The molecule has 0 radical (unpaired) electrons. The van der Waals surface area contributed by atoms with Crippen LogP contribution in [-0.2, 0) is 14.4 Å². The predicted octanol–water partition coefficient (Wildman–Crippen LogP) is 0.206. The van der Waals surface area contributed by atoms with Crippen LogP contribution < -0.4 is 5.32 Å². The number of carboxylic acids is 1. The maximum Gasteiger partial charge on any atom is 0.353 e. The monoisotopic (exact) mass is 266 g/mol. The lowest BCUT2D eigenvalue weighted by molar-refractivity contribution is -0.132. The van der Waals surface area contributed by atoms with Gasteiger partial charge in [-0.2, -0.15) is 0 Å². The number of aromatic amines is 1. The second-order valence-electron chi connectivity index (χ2n) is 4.09. The lowest BCUT2D eigenvalue weighted by Gasteiger charge is -2.16. The van der Waals surface area contributed by atoms with Crippen LogP contribution in [0.1, 0.15) is 31.6 Å². The zero-order valence-electron chi connectivity index (χ0n) is 10.3. The van der Waals surface area contributed by atoms with Crippen LogP contribution in [-0.4, -0.2) is 38.8 Å². The van der Waals surface area contributed by atoms with E-state index in [1.807, 2.05) is 6.92 Å². The number of H-pyrrole nitrogens is 1. The van der Waals surface area contributed by atoms with Crippen molar-refractivity contribution in [2.24, 2.45) is 5.16 Å². The minimum atomic E-state index is -1.17. The molecule has 102 valence electrons. The summed E-state index contributed by atoms with van der Waals surface area (Å²) in [6, 6.07) is -0.264. The number of oxime groups is 1. The highest BCUT2D eigenvalue weighted by molar-refractivity contribution is 6.36. The summed E-state index contributed by atoms with van der Waals surface area (Å²) >= 11 is 0. The van der Waals surface area contributed by atoms with Gasteiger partial charge in [-0.1, -0.05) is 12.1 Å². The Kier molecular flexibility index (Phi) is 3.79. The molecule has 8 nitrogen and oxygen atoms in total. The molecule has 1 aliphatic rings. The average Bonchev–Trinajstić information content (AvgIpc) is 3.05. The first-order valence-corrected chi connectivity index (χ1v) is 5.87. The predicted molar refractivity (Wildman–Crippen MR) is 64.3 cm³/mol. The van der Waals surface area contributed by atoms with Gasteiger partial charge in [0.2, 0.25) is 6.10 Å². The van der Waals surface area contributed by atoms with Gasteiger partial charge in [0, 0.05) is 18.8 Å². The van der Waals surface area contributed by atoms with Crippen molar-refractivity contribution in [3.8, 4) is 0 Å². The number of imidazole rings is 1. The van der Waals surface area contributed by atoms with Crippen molar-refractivity contribution in [3.05, 3.63) is 18.2 Å². The van der Waals surface area contributed by atoms with Crippen LogP contribution in [0.3, 0.4) is 0 Å². The van der Waals surface area contributed by atoms with Gasteiger partial charge < -0.3 is 20.2 Å². The Balaban J connectivity index is 1.93. The molecule has 0 bridgehead atoms. The number of carboxylic acid groups (broad SMARTS) is 1. The quantitative estimate of drug-likeness (QED) is 0.704. The van der Waals surface area contributed by atoms with Crippen LogP contribution in [0.5, 0.6) is 0 Å². The van der Waals surface area contributed by atoms with Gasteiger partial charge in [-0.25, -0.2) is 9.78 Å². The van der Waals surface area contributed by atoms with E-state index in [2.05, 4.69) is 20.4 Å². The van der Waals surface area contributed by atoms with Crippen LogP contribution in [0.25, 0.3) is 0 Å². The largest absolute Gasteiger partial charge is 0.477 e. The summed E-state index contributed by atoms with van der Waals surface area (Å²) in [6.45, 7) is 1.90. The van der Waals surface area contributed by atoms with Gasteiger partial charge in [-0.15, -0.1) is 0 Å². The third kappa shape index (κ3) is 2.90. The molecule has 0 fully saturated rings. The molecule has 1 aromatic rings. The number of aliphatic carboxylic acids is 1. The molecule has 2 heterocycles. The van der Waals surface area contributed by atoms with Crippen LogP contribution in [0, 0.1) is 0 Å². The molecule has 3 N–H and O–H groups in total. The Morgan fingerprint density at radius 3 is 3.00 bits per heavy atom.